The van der Waals surface area contributed by atoms with E-state index in [1.54, 1.807) is 4.90 Å². The highest BCUT2D eigenvalue weighted by atomic mass is 16.5. The average molecular weight is 269 g/mol. The molecule has 0 unspecified atom stereocenters. The van der Waals surface area contributed by atoms with Crippen molar-refractivity contribution in [3.63, 3.8) is 0 Å². The van der Waals surface area contributed by atoms with Crippen molar-refractivity contribution in [2.45, 2.75) is 45.6 Å². The minimum absolute atomic E-state index is 0.192. The van der Waals surface area contributed by atoms with Gasteiger partial charge in [0, 0.05) is 19.7 Å². The highest BCUT2D eigenvalue weighted by Gasteiger charge is 2.58. The summed E-state index contributed by atoms with van der Waals surface area (Å²) in [6.07, 6.45) is 2.82. The van der Waals surface area contributed by atoms with E-state index in [4.69, 9.17) is 9.84 Å². The Morgan fingerprint density at radius 2 is 1.89 bits per heavy atom. The van der Waals surface area contributed by atoms with Crippen LogP contribution in [-0.4, -0.2) is 47.7 Å². The van der Waals surface area contributed by atoms with Crippen molar-refractivity contribution in [1.82, 2.24) is 4.90 Å². The minimum Gasteiger partial charge on any atom is -0.480 e. The Morgan fingerprint density at radius 1 is 1.32 bits per heavy atom. The van der Waals surface area contributed by atoms with Gasteiger partial charge in [0.15, 0.2) is 0 Å². The summed E-state index contributed by atoms with van der Waals surface area (Å²) in [5.74, 6) is -0.639. The van der Waals surface area contributed by atoms with Crippen LogP contribution >= 0.6 is 0 Å². The molecule has 1 saturated carbocycles. The summed E-state index contributed by atoms with van der Waals surface area (Å²) >= 11 is 0. The number of carbonyl (C=O) groups is 2. The second kappa shape index (κ2) is 5.49. The number of carbonyl (C=O) groups excluding carboxylic acids is 1. The number of hydrogen-bond acceptors (Lipinski definition) is 3. The molecular weight excluding hydrogens is 246 g/mol. The van der Waals surface area contributed by atoms with E-state index >= 15 is 0 Å². The van der Waals surface area contributed by atoms with Crippen LogP contribution in [0.2, 0.25) is 0 Å². The Morgan fingerprint density at radius 3 is 2.32 bits per heavy atom. The van der Waals surface area contributed by atoms with Crippen LogP contribution in [0.25, 0.3) is 0 Å². The quantitative estimate of drug-likeness (QED) is 0.768. The van der Waals surface area contributed by atoms with Gasteiger partial charge in [-0.2, -0.15) is 0 Å². The van der Waals surface area contributed by atoms with E-state index < -0.39 is 11.4 Å². The zero-order chi connectivity index (χ0) is 14.0. The van der Waals surface area contributed by atoms with E-state index in [-0.39, 0.29) is 12.0 Å². The van der Waals surface area contributed by atoms with Crippen LogP contribution in [0.4, 0.5) is 0 Å². The molecule has 1 aliphatic carbocycles. The fraction of sp³-hybridized carbons (Fsp3) is 0.857. The van der Waals surface area contributed by atoms with Gasteiger partial charge in [-0.1, -0.05) is 13.8 Å². The number of carboxylic acid groups (broad SMARTS) is 1. The van der Waals surface area contributed by atoms with Crippen molar-refractivity contribution < 1.29 is 19.4 Å². The van der Waals surface area contributed by atoms with Crippen molar-refractivity contribution in [1.29, 1.82) is 0 Å². The average Bonchev–Trinajstić information content (AvgIpc) is 3.17. The Kier molecular flexibility index (Phi) is 4.13. The second-order valence-corrected chi connectivity index (χ2v) is 6.11. The van der Waals surface area contributed by atoms with Crippen LogP contribution in [0.1, 0.15) is 39.5 Å². The van der Waals surface area contributed by atoms with Crippen molar-refractivity contribution in [3.8, 4) is 0 Å². The van der Waals surface area contributed by atoms with Crippen LogP contribution in [0.5, 0.6) is 0 Å². The first-order valence-corrected chi connectivity index (χ1v) is 7.10. The summed E-state index contributed by atoms with van der Waals surface area (Å²) in [6.45, 7) is 6.22. The van der Waals surface area contributed by atoms with Gasteiger partial charge in [-0.25, -0.2) is 0 Å². The van der Waals surface area contributed by atoms with Crippen LogP contribution < -0.4 is 0 Å². The number of nitrogens with zero attached hydrogens (tertiary/aromatic N) is 1. The van der Waals surface area contributed by atoms with E-state index in [0.29, 0.717) is 31.8 Å². The molecule has 19 heavy (non-hydrogen) atoms. The molecule has 2 aliphatic rings. The molecule has 0 atom stereocenters. The van der Waals surface area contributed by atoms with Crippen molar-refractivity contribution in [2.75, 3.05) is 19.7 Å². The second-order valence-electron chi connectivity index (χ2n) is 6.11. The number of piperidine rings is 1. The number of carboxylic acids is 1. The fourth-order valence-electron chi connectivity index (χ4n) is 2.50. The minimum atomic E-state index is -1.09. The molecule has 0 spiro atoms. The van der Waals surface area contributed by atoms with E-state index in [1.165, 1.54) is 0 Å². The lowest BCUT2D eigenvalue weighted by Gasteiger charge is -2.33. The number of rotatable bonds is 5. The Bertz CT molecular complexity index is 354. The molecule has 2 fully saturated rings. The van der Waals surface area contributed by atoms with Gasteiger partial charge in [0.1, 0.15) is 5.41 Å². The predicted molar refractivity (Wildman–Crippen MR) is 69.7 cm³/mol. The number of aliphatic carboxylic acids is 1. The first kappa shape index (κ1) is 14.3. The Hall–Kier alpha value is -1.10. The highest BCUT2D eigenvalue weighted by molar-refractivity contribution is 6.04. The molecule has 1 saturated heterocycles. The van der Waals surface area contributed by atoms with Gasteiger partial charge in [0.25, 0.3) is 0 Å². The first-order chi connectivity index (χ1) is 8.95. The third-order valence-electron chi connectivity index (χ3n) is 3.96. The maximum absolute atomic E-state index is 12.2. The monoisotopic (exact) mass is 269 g/mol. The molecule has 2 rings (SSSR count). The lowest BCUT2D eigenvalue weighted by molar-refractivity contribution is -0.154. The van der Waals surface area contributed by atoms with Gasteiger partial charge in [-0.05, 0) is 31.6 Å². The van der Waals surface area contributed by atoms with Gasteiger partial charge in [-0.3, -0.25) is 9.59 Å². The van der Waals surface area contributed by atoms with Crippen LogP contribution in [0.15, 0.2) is 0 Å². The fourth-order valence-corrected chi connectivity index (χ4v) is 2.50. The maximum Gasteiger partial charge on any atom is 0.319 e. The molecule has 5 heteroatoms. The zero-order valence-corrected chi connectivity index (χ0v) is 11.7. The summed E-state index contributed by atoms with van der Waals surface area (Å²) in [5.41, 5.74) is -1.09. The molecule has 1 heterocycles. The number of ether oxygens (including phenoxy) is 1. The molecule has 1 aliphatic heterocycles. The zero-order valence-electron chi connectivity index (χ0n) is 11.7. The lowest BCUT2D eigenvalue weighted by Crippen LogP contribution is -2.46. The summed E-state index contributed by atoms with van der Waals surface area (Å²) in [7, 11) is 0. The normalized spacial score (nSPS) is 22.6. The van der Waals surface area contributed by atoms with Crippen molar-refractivity contribution >= 4 is 11.9 Å². The van der Waals surface area contributed by atoms with Crippen LogP contribution in [-0.2, 0) is 14.3 Å². The molecule has 0 aromatic carbocycles. The number of likely N-dealkylation sites (tertiary alicyclic amines) is 1. The molecule has 0 bridgehead atoms. The van der Waals surface area contributed by atoms with Crippen molar-refractivity contribution in [2.24, 2.45) is 11.3 Å². The summed E-state index contributed by atoms with van der Waals surface area (Å²) in [6, 6.07) is 0. The third-order valence-corrected chi connectivity index (χ3v) is 3.96. The molecule has 5 nitrogen and oxygen atoms in total. The molecule has 0 aromatic rings. The van der Waals surface area contributed by atoms with E-state index in [0.717, 1.165) is 19.4 Å². The summed E-state index contributed by atoms with van der Waals surface area (Å²) in [5, 5.41) is 9.13. The first-order valence-electron chi connectivity index (χ1n) is 7.10. The molecule has 1 N–H and O–H groups in total. The maximum atomic E-state index is 12.2. The van der Waals surface area contributed by atoms with Gasteiger partial charge in [-0.15, -0.1) is 0 Å². The molecule has 0 radical (unpaired) electrons. The lowest BCUT2D eigenvalue weighted by atomic mass is 10.0. The number of hydrogen-bond donors (Lipinski definition) is 1. The molecule has 108 valence electrons. The number of amides is 1. The van der Waals surface area contributed by atoms with Gasteiger partial charge in [0.2, 0.25) is 5.91 Å². The summed E-state index contributed by atoms with van der Waals surface area (Å²) in [4.78, 5) is 25.0. The predicted octanol–water partition coefficient (Wildman–Crippen LogP) is 1.51. The Balaban J connectivity index is 1.80. The highest BCUT2D eigenvalue weighted by Crippen LogP contribution is 2.47. The standard InChI is InChI=1S/C14H23NO4/c1-10(2)9-19-11-3-7-15(8-4-11)12(16)14(5-6-14)13(17)18/h10-11H,3-9H2,1-2H3,(H,17,18). The smallest absolute Gasteiger partial charge is 0.319 e. The van der Waals surface area contributed by atoms with E-state index in [1.807, 2.05) is 0 Å². The largest absolute Gasteiger partial charge is 0.480 e. The van der Waals surface area contributed by atoms with Gasteiger partial charge in [0.05, 0.1) is 6.10 Å². The third kappa shape index (κ3) is 3.08. The molecule has 0 aromatic heterocycles. The van der Waals surface area contributed by atoms with Crippen molar-refractivity contribution in [3.05, 3.63) is 0 Å². The van der Waals surface area contributed by atoms with Crippen LogP contribution in [0, 0.1) is 11.3 Å². The SMILES string of the molecule is CC(C)COC1CCN(C(=O)C2(C(=O)O)CC2)CC1. The molecule has 1 amide bonds. The van der Waals surface area contributed by atoms with Gasteiger partial charge < -0.3 is 14.7 Å². The molecular formula is C14H23NO4. The van der Waals surface area contributed by atoms with E-state index in [2.05, 4.69) is 13.8 Å². The Labute approximate surface area is 113 Å². The topological polar surface area (TPSA) is 66.8 Å². The van der Waals surface area contributed by atoms with Gasteiger partial charge >= 0.3 is 5.97 Å². The van der Waals surface area contributed by atoms with Crippen LogP contribution in [0.3, 0.4) is 0 Å². The van der Waals surface area contributed by atoms with E-state index in [9.17, 15) is 9.59 Å². The summed E-state index contributed by atoms with van der Waals surface area (Å²) < 4.78 is 5.77.